The summed E-state index contributed by atoms with van der Waals surface area (Å²) in [5.74, 6) is 0.471. The van der Waals surface area contributed by atoms with Gasteiger partial charge in [-0.15, -0.1) is 0 Å². The third kappa shape index (κ3) is 5.16. The largest absolute Gasteiger partial charge is 0.391 e. The highest BCUT2D eigenvalue weighted by Gasteiger charge is 2.27. The summed E-state index contributed by atoms with van der Waals surface area (Å²) in [5.41, 5.74) is 0. The molecule has 3 atom stereocenters. The predicted octanol–water partition coefficient (Wildman–Crippen LogP) is 2.38. The van der Waals surface area contributed by atoms with E-state index in [-0.39, 0.29) is 23.9 Å². The predicted molar refractivity (Wildman–Crippen MR) is 83.8 cm³/mol. The van der Waals surface area contributed by atoms with Gasteiger partial charge in [-0.25, -0.2) is 4.98 Å². The van der Waals surface area contributed by atoms with Gasteiger partial charge in [0.25, 0.3) is 0 Å². The van der Waals surface area contributed by atoms with Crippen LogP contribution < -0.4 is 5.32 Å². The Morgan fingerprint density at radius 2 is 2.00 bits per heavy atom. The zero-order valence-corrected chi connectivity index (χ0v) is 13.8. The number of rotatable bonds is 8. The number of hydrogen-bond acceptors (Lipinski definition) is 3. The van der Waals surface area contributed by atoms with Gasteiger partial charge in [0.05, 0.1) is 18.5 Å². The summed E-state index contributed by atoms with van der Waals surface area (Å²) in [6, 6.07) is -0.489. The van der Waals surface area contributed by atoms with Crippen LogP contribution in [0.3, 0.4) is 0 Å². The molecular formula is C16H29N3O2. The number of carbonyl (C=O) groups is 1. The number of aliphatic hydroxyl groups excluding tert-OH is 1. The molecule has 0 saturated carbocycles. The monoisotopic (exact) mass is 295 g/mol. The first kappa shape index (κ1) is 17.7. The third-order valence-corrected chi connectivity index (χ3v) is 3.74. The van der Waals surface area contributed by atoms with Crippen molar-refractivity contribution in [3.05, 3.63) is 18.7 Å². The average Bonchev–Trinajstić information content (AvgIpc) is 2.94. The Balaban J connectivity index is 2.81. The van der Waals surface area contributed by atoms with Crippen molar-refractivity contribution >= 4 is 5.91 Å². The van der Waals surface area contributed by atoms with E-state index in [4.69, 9.17) is 0 Å². The maximum atomic E-state index is 12.6. The summed E-state index contributed by atoms with van der Waals surface area (Å²) >= 11 is 0. The molecule has 5 heteroatoms. The van der Waals surface area contributed by atoms with Crippen molar-refractivity contribution in [2.75, 3.05) is 0 Å². The molecule has 1 heterocycles. The lowest BCUT2D eigenvalue weighted by Crippen LogP contribution is -2.47. The smallest absolute Gasteiger partial charge is 0.243 e. The molecule has 0 aliphatic heterocycles. The van der Waals surface area contributed by atoms with Crippen LogP contribution in [0.1, 0.15) is 53.5 Å². The van der Waals surface area contributed by atoms with Gasteiger partial charge in [0.1, 0.15) is 6.04 Å². The van der Waals surface area contributed by atoms with E-state index < -0.39 is 6.10 Å². The van der Waals surface area contributed by atoms with Crippen LogP contribution in [-0.4, -0.2) is 32.7 Å². The fourth-order valence-electron chi connectivity index (χ4n) is 2.44. The van der Waals surface area contributed by atoms with Gasteiger partial charge in [-0.05, 0) is 24.7 Å². The Bertz CT molecular complexity index is 415. The van der Waals surface area contributed by atoms with E-state index in [1.165, 1.54) is 0 Å². The van der Waals surface area contributed by atoms with Crippen molar-refractivity contribution in [3.63, 3.8) is 0 Å². The summed E-state index contributed by atoms with van der Waals surface area (Å²) in [5, 5.41) is 13.2. The van der Waals surface area contributed by atoms with Crippen molar-refractivity contribution < 1.29 is 9.90 Å². The summed E-state index contributed by atoms with van der Waals surface area (Å²) in [4.78, 5) is 16.6. The van der Waals surface area contributed by atoms with E-state index in [2.05, 4.69) is 24.1 Å². The highest BCUT2D eigenvalue weighted by atomic mass is 16.3. The van der Waals surface area contributed by atoms with Gasteiger partial charge in [-0.3, -0.25) is 4.79 Å². The average molecular weight is 295 g/mol. The maximum Gasteiger partial charge on any atom is 0.243 e. The van der Waals surface area contributed by atoms with Gasteiger partial charge in [0, 0.05) is 12.4 Å². The number of imidazole rings is 1. The van der Waals surface area contributed by atoms with E-state index in [0.717, 1.165) is 6.42 Å². The van der Waals surface area contributed by atoms with Crippen molar-refractivity contribution in [1.29, 1.82) is 0 Å². The molecule has 0 aliphatic carbocycles. The molecule has 1 aromatic rings. The Morgan fingerprint density at radius 1 is 1.33 bits per heavy atom. The highest BCUT2D eigenvalue weighted by Crippen LogP contribution is 2.19. The van der Waals surface area contributed by atoms with Crippen molar-refractivity contribution in [2.45, 2.75) is 65.6 Å². The Hall–Kier alpha value is -1.36. The van der Waals surface area contributed by atoms with Crippen LogP contribution in [-0.2, 0) is 4.79 Å². The molecular weight excluding hydrogens is 266 g/mol. The number of aliphatic hydroxyl groups is 1. The molecule has 21 heavy (non-hydrogen) atoms. The van der Waals surface area contributed by atoms with E-state index in [1.807, 2.05) is 31.5 Å². The highest BCUT2D eigenvalue weighted by molar-refractivity contribution is 5.80. The second kappa shape index (κ2) is 8.17. The zero-order valence-electron chi connectivity index (χ0n) is 13.8. The minimum Gasteiger partial charge on any atom is -0.391 e. The first-order valence-electron chi connectivity index (χ1n) is 7.82. The Morgan fingerprint density at radius 3 is 2.43 bits per heavy atom. The fourth-order valence-corrected chi connectivity index (χ4v) is 2.44. The minimum atomic E-state index is -0.526. The van der Waals surface area contributed by atoms with Crippen molar-refractivity contribution in [3.8, 4) is 0 Å². The number of aromatic nitrogens is 2. The second-order valence-electron chi connectivity index (χ2n) is 6.41. The molecule has 0 aromatic carbocycles. The maximum absolute atomic E-state index is 12.6. The molecule has 0 saturated heterocycles. The molecule has 2 N–H and O–H groups in total. The summed E-state index contributed by atoms with van der Waals surface area (Å²) < 4.78 is 1.84. The minimum absolute atomic E-state index is 0.0479. The van der Waals surface area contributed by atoms with Gasteiger partial charge in [-0.2, -0.15) is 0 Å². The van der Waals surface area contributed by atoms with Crippen LogP contribution >= 0.6 is 0 Å². The van der Waals surface area contributed by atoms with E-state index in [1.54, 1.807) is 12.5 Å². The molecule has 0 fully saturated rings. The van der Waals surface area contributed by atoms with Gasteiger partial charge in [0.15, 0.2) is 0 Å². The van der Waals surface area contributed by atoms with Gasteiger partial charge in [0.2, 0.25) is 5.91 Å². The topological polar surface area (TPSA) is 67.2 Å². The Kier molecular flexibility index (Phi) is 6.89. The molecule has 0 radical (unpaired) electrons. The van der Waals surface area contributed by atoms with Crippen LogP contribution in [0, 0.1) is 11.8 Å². The molecule has 1 amide bonds. The first-order chi connectivity index (χ1) is 9.86. The zero-order chi connectivity index (χ0) is 16.0. The SMILES string of the molecule is CCC(NC(=O)C(CC(C)C)n1ccnc1)C(O)C(C)C. The number of nitrogens with zero attached hydrogens (tertiary/aromatic N) is 2. The van der Waals surface area contributed by atoms with Crippen LogP contribution in [0.2, 0.25) is 0 Å². The number of hydrogen-bond donors (Lipinski definition) is 2. The molecule has 0 aliphatic rings. The Labute approximate surface area is 127 Å². The van der Waals surface area contributed by atoms with Gasteiger partial charge in [-0.1, -0.05) is 34.6 Å². The van der Waals surface area contributed by atoms with Crippen LogP contribution in [0.25, 0.3) is 0 Å². The van der Waals surface area contributed by atoms with Gasteiger partial charge >= 0.3 is 0 Å². The molecule has 5 nitrogen and oxygen atoms in total. The summed E-state index contributed by atoms with van der Waals surface area (Å²) in [6.07, 6.45) is 6.10. The quantitative estimate of drug-likeness (QED) is 0.774. The molecule has 3 unspecified atom stereocenters. The third-order valence-electron chi connectivity index (χ3n) is 3.74. The van der Waals surface area contributed by atoms with Crippen LogP contribution in [0.15, 0.2) is 18.7 Å². The lowest BCUT2D eigenvalue weighted by molar-refractivity contribution is -0.126. The number of carbonyl (C=O) groups excluding carboxylic acids is 1. The summed E-state index contributed by atoms with van der Waals surface area (Å²) in [7, 11) is 0. The number of amides is 1. The lowest BCUT2D eigenvalue weighted by Gasteiger charge is -2.28. The molecule has 120 valence electrons. The fraction of sp³-hybridized carbons (Fsp3) is 0.750. The lowest BCUT2D eigenvalue weighted by atomic mass is 9.96. The van der Waals surface area contributed by atoms with E-state index >= 15 is 0 Å². The second-order valence-corrected chi connectivity index (χ2v) is 6.41. The van der Waals surface area contributed by atoms with E-state index in [0.29, 0.717) is 12.3 Å². The molecule has 1 rings (SSSR count). The van der Waals surface area contributed by atoms with Crippen LogP contribution in [0.4, 0.5) is 0 Å². The summed E-state index contributed by atoms with van der Waals surface area (Å²) in [6.45, 7) is 10.1. The van der Waals surface area contributed by atoms with Crippen molar-refractivity contribution in [1.82, 2.24) is 14.9 Å². The first-order valence-corrected chi connectivity index (χ1v) is 7.82. The van der Waals surface area contributed by atoms with Crippen LogP contribution in [0.5, 0.6) is 0 Å². The normalized spacial score (nSPS) is 16.0. The van der Waals surface area contributed by atoms with Gasteiger partial charge < -0.3 is 15.0 Å². The standard InChI is InChI=1S/C16H29N3O2/c1-6-13(15(20)12(4)5)18-16(21)14(9-11(2)3)19-8-7-17-10-19/h7-8,10-15,20H,6,9H2,1-5H3,(H,18,21). The van der Waals surface area contributed by atoms with E-state index in [9.17, 15) is 9.90 Å². The number of nitrogens with one attached hydrogen (secondary N) is 1. The van der Waals surface area contributed by atoms with Crippen molar-refractivity contribution in [2.24, 2.45) is 11.8 Å². The molecule has 1 aromatic heterocycles. The molecule has 0 bridgehead atoms. The molecule has 0 spiro atoms.